The van der Waals surface area contributed by atoms with Crippen molar-refractivity contribution in [2.24, 2.45) is 0 Å². The highest BCUT2D eigenvalue weighted by molar-refractivity contribution is 7.12. The number of amides is 1. The van der Waals surface area contributed by atoms with E-state index in [-0.39, 0.29) is 11.7 Å². The molecule has 4 aromatic rings. The molecule has 1 amide bonds. The van der Waals surface area contributed by atoms with Gasteiger partial charge in [0, 0.05) is 17.8 Å². The summed E-state index contributed by atoms with van der Waals surface area (Å²) in [5.41, 5.74) is 2.94. The van der Waals surface area contributed by atoms with Crippen LogP contribution in [0.1, 0.15) is 26.4 Å². The van der Waals surface area contributed by atoms with Crippen LogP contribution in [0.25, 0.3) is 0 Å². The van der Waals surface area contributed by atoms with Crippen LogP contribution in [-0.4, -0.2) is 15.7 Å². The van der Waals surface area contributed by atoms with Crippen LogP contribution in [0.3, 0.4) is 0 Å². The molecule has 30 heavy (non-hydrogen) atoms. The van der Waals surface area contributed by atoms with Gasteiger partial charge in [-0.3, -0.25) is 9.48 Å². The van der Waals surface area contributed by atoms with Crippen molar-refractivity contribution in [2.45, 2.75) is 20.1 Å². The second kappa shape index (κ2) is 8.92. The van der Waals surface area contributed by atoms with E-state index >= 15 is 0 Å². The topological polar surface area (TPSA) is 56.1 Å². The molecule has 0 aliphatic carbocycles. The number of aromatic nitrogens is 2. The van der Waals surface area contributed by atoms with Gasteiger partial charge in [0.1, 0.15) is 18.2 Å². The fraction of sp³-hybridized carbons (Fsp3) is 0.130. The monoisotopic (exact) mass is 421 g/mol. The van der Waals surface area contributed by atoms with Crippen molar-refractivity contribution in [2.75, 3.05) is 5.32 Å². The lowest BCUT2D eigenvalue weighted by Crippen LogP contribution is -2.11. The minimum atomic E-state index is -0.271. The van der Waals surface area contributed by atoms with E-state index in [2.05, 4.69) is 10.4 Å². The molecule has 0 saturated heterocycles. The molecule has 7 heteroatoms. The zero-order valence-corrected chi connectivity index (χ0v) is 17.2. The maximum Gasteiger partial charge on any atom is 0.266 e. The van der Waals surface area contributed by atoms with Gasteiger partial charge in [0.2, 0.25) is 0 Å². The number of nitrogens with zero attached hydrogens (tertiary/aromatic N) is 2. The van der Waals surface area contributed by atoms with Crippen molar-refractivity contribution in [3.63, 3.8) is 0 Å². The maximum absolute atomic E-state index is 13.0. The highest BCUT2D eigenvalue weighted by Crippen LogP contribution is 2.21. The first-order valence-electron chi connectivity index (χ1n) is 9.42. The van der Waals surface area contributed by atoms with Crippen molar-refractivity contribution in [1.29, 1.82) is 0 Å². The molecule has 0 spiro atoms. The predicted octanol–water partition coefficient (Wildman–Crippen LogP) is 5.27. The number of benzene rings is 2. The third-order valence-corrected chi connectivity index (χ3v) is 5.48. The lowest BCUT2D eigenvalue weighted by Gasteiger charge is -2.07. The van der Waals surface area contributed by atoms with Crippen LogP contribution in [0.15, 0.2) is 72.2 Å². The Morgan fingerprint density at radius 3 is 2.73 bits per heavy atom. The molecular weight excluding hydrogens is 401 g/mol. The van der Waals surface area contributed by atoms with E-state index in [9.17, 15) is 9.18 Å². The lowest BCUT2D eigenvalue weighted by atomic mass is 10.2. The number of nitrogens with one attached hydrogen (secondary N) is 1. The molecule has 152 valence electrons. The number of rotatable bonds is 7. The van der Waals surface area contributed by atoms with E-state index in [4.69, 9.17) is 4.74 Å². The third kappa shape index (κ3) is 4.93. The highest BCUT2D eigenvalue weighted by Gasteiger charge is 2.12. The molecule has 1 N–H and O–H groups in total. The van der Waals surface area contributed by atoms with Gasteiger partial charge in [-0.1, -0.05) is 30.3 Å². The van der Waals surface area contributed by atoms with E-state index in [0.717, 1.165) is 22.4 Å². The fourth-order valence-electron chi connectivity index (χ4n) is 2.92. The second-order valence-electron chi connectivity index (χ2n) is 6.85. The first-order chi connectivity index (χ1) is 14.6. The van der Waals surface area contributed by atoms with Crippen LogP contribution in [0.2, 0.25) is 0 Å². The first kappa shape index (κ1) is 19.8. The third-order valence-electron chi connectivity index (χ3n) is 4.51. The summed E-state index contributed by atoms with van der Waals surface area (Å²) in [4.78, 5) is 13.1. The largest absolute Gasteiger partial charge is 0.489 e. The van der Waals surface area contributed by atoms with Gasteiger partial charge in [0.15, 0.2) is 5.82 Å². The molecule has 0 saturated carbocycles. The molecular formula is C23H20FN3O2S. The van der Waals surface area contributed by atoms with E-state index in [1.165, 1.54) is 23.5 Å². The number of hydrogen-bond donors (Lipinski definition) is 1. The Hall–Kier alpha value is -3.45. The van der Waals surface area contributed by atoms with Gasteiger partial charge in [0.25, 0.3) is 5.91 Å². The normalized spacial score (nSPS) is 10.7. The molecule has 2 aromatic heterocycles. The van der Waals surface area contributed by atoms with Crippen LogP contribution >= 0.6 is 11.3 Å². The summed E-state index contributed by atoms with van der Waals surface area (Å²) in [5.74, 6) is 0.815. The van der Waals surface area contributed by atoms with Crippen molar-refractivity contribution >= 4 is 23.1 Å². The Bertz CT molecular complexity index is 1150. The van der Waals surface area contributed by atoms with Gasteiger partial charge >= 0.3 is 0 Å². The number of para-hydroxylation sites is 1. The Labute approximate surface area is 177 Å². The number of carbonyl (C=O) groups excluding carboxylic acids is 1. The van der Waals surface area contributed by atoms with Crippen molar-refractivity contribution < 1.29 is 13.9 Å². The number of carbonyl (C=O) groups is 1. The van der Waals surface area contributed by atoms with Crippen molar-refractivity contribution in [1.82, 2.24) is 9.78 Å². The Kier molecular flexibility index (Phi) is 5.90. The van der Waals surface area contributed by atoms with Gasteiger partial charge < -0.3 is 10.1 Å². The van der Waals surface area contributed by atoms with E-state index in [1.807, 2.05) is 42.6 Å². The predicted molar refractivity (Wildman–Crippen MR) is 116 cm³/mol. The summed E-state index contributed by atoms with van der Waals surface area (Å²) in [6.45, 7) is 2.90. The quantitative estimate of drug-likeness (QED) is 0.442. The van der Waals surface area contributed by atoms with Gasteiger partial charge in [-0.05, 0) is 47.7 Å². The Balaban J connectivity index is 1.34. The van der Waals surface area contributed by atoms with Crippen LogP contribution in [0.4, 0.5) is 10.2 Å². The number of halogens is 1. The molecule has 2 heterocycles. The van der Waals surface area contributed by atoms with Gasteiger partial charge in [0.05, 0.1) is 11.4 Å². The molecule has 4 rings (SSSR count). The molecule has 0 atom stereocenters. The minimum absolute atomic E-state index is 0.214. The Morgan fingerprint density at radius 2 is 1.93 bits per heavy atom. The molecule has 2 aromatic carbocycles. The molecule has 0 aliphatic heterocycles. The zero-order chi connectivity index (χ0) is 20.9. The molecule has 5 nitrogen and oxygen atoms in total. The SMILES string of the molecule is Cc1ccccc1OCc1csc(C(=O)Nc2ccn(Cc3ccc(F)cc3)n2)c1. The summed E-state index contributed by atoms with van der Waals surface area (Å²) in [6.07, 6.45) is 1.77. The van der Waals surface area contributed by atoms with Gasteiger partial charge in [-0.15, -0.1) is 11.3 Å². The summed E-state index contributed by atoms with van der Waals surface area (Å²) in [6, 6.07) is 17.6. The van der Waals surface area contributed by atoms with Crippen LogP contribution in [-0.2, 0) is 13.2 Å². The molecule has 0 aliphatic rings. The standard InChI is InChI=1S/C23H20FN3O2S/c1-16-4-2-3-5-20(16)29-14-18-12-21(30-15-18)23(28)25-22-10-11-27(26-22)13-17-6-8-19(24)9-7-17/h2-12,15H,13-14H2,1H3,(H,25,26,28). The summed E-state index contributed by atoms with van der Waals surface area (Å²) < 4.78 is 20.5. The fourth-order valence-corrected chi connectivity index (χ4v) is 3.71. The summed E-state index contributed by atoms with van der Waals surface area (Å²) >= 11 is 1.36. The van der Waals surface area contributed by atoms with Crippen molar-refractivity contribution in [3.8, 4) is 5.75 Å². The Morgan fingerprint density at radius 1 is 1.13 bits per heavy atom. The average molecular weight is 421 g/mol. The minimum Gasteiger partial charge on any atom is -0.489 e. The smallest absolute Gasteiger partial charge is 0.266 e. The lowest BCUT2D eigenvalue weighted by molar-refractivity contribution is 0.103. The van der Waals surface area contributed by atoms with E-state index in [0.29, 0.717) is 23.8 Å². The number of aryl methyl sites for hydroxylation is 1. The number of thiophene rings is 1. The van der Waals surface area contributed by atoms with E-state index in [1.54, 1.807) is 29.1 Å². The van der Waals surface area contributed by atoms with Crippen molar-refractivity contribution in [3.05, 3.63) is 99.6 Å². The molecule has 0 fully saturated rings. The highest BCUT2D eigenvalue weighted by atomic mass is 32.1. The number of ether oxygens (including phenoxy) is 1. The van der Waals surface area contributed by atoms with Crippen LogP contribution in [0, 0.1) is 12.7 Å². The van der Waals surface area contributed by atoms with E-state index < -0.39 is 0 Å². The summed E-state index contributed by atoms with van der Waals surface area (Å²) in [5, 5.41) is 9.08. The molecule has 0 unspecified atom stereocenters. The molecule has 0 bridgehead atoms. The summed E-state index contributed by atoms with van der Waals surface area (Å²) in [7, 11) is 0. The maximum atomic E-state index is 13.0. The van der Waals surface area contributed by atoms with Crippen LogP contribution < -0.4 is 10.1 Å². The van der Waals surface area contributed by atoms with Gasteiger partial charge in [-0.2, -0.15) is 5.10 Å². The molecule has 0 radical (unpaired) electrons. The second-order valence-corrected chi connectivity index (χ2v) is 7.76. The number of hydrogen-bond acceptors (Lipinski definition) is 4. The average Bonchev–Trinajstić information content (AvgIpc) is 3.39. The van der Waals surface area contributed by atoms with Gasteiger partial charge in [-0.25, -0.2) is 4.39 Å². The number of anilines is 1. The first-order valence-corrected chi connectivity index (χ1v) is 10.3. The van der Waals surface area contributed by atoms with Crippen LogP contribution in [0.5, 0.6) is 5.75 Å². The zero-order valence-electron chi connectivity index (χ0n) is 16.3.